The lowest BCUT2D eigenvalue weighted by molar-refractivity contribution is 0.0678. The van der Waals surface area contributed by atoms with E-state index in [0.29, 0.717) is 18.3 Å². The number of nitrogens with zero attached hydrogens (tertiary/aromatic N) is 1. The molecule has 8 heteroatoms. The van der Waals surface area contributed by atoms with Crippen molar-refractivity contribution in [3.8, 4) is 0 Å². The van der Waals surface area contributed by atoms with E-state index in [0.717, 1.165) is 13.1 Å². The van der Waals surface area contributed by atoms with Gasteiger partial charge in [0, 0.05) is 13.1 Å². The van der Waals surface area contributed by atoms with Crippen LogP contribution < -0.4 is 5.09 Å². The minimum atomic E-state index is -2.59. The van der Waals surface area contributed by atoms with Crippen LogP contribution in [0.4, 0.5) is 0 Å². The number of morpholine rings is 1. The summed E-state index contributed by atoms with van der Waals surface area (Å²) in [5.41, 5.74) is 0. The Bertz CT molecular complexity index is 333. The van der Waals surface area contributed by atoms with Gasteiger partial charge in [-0.3, -0.25) is 5.09 Å². The van der Waals surface area contributed by atoms with E-state index in [1.165, 1.54) is 0 Å². The third-order valence-corrected chi connectivity index (χ3v) is 5.42. The van der Waals surface area contributed by atoms with Gasteiger partial charge in [0.15, 0.2) is 5.11 Å². The third-order valence-electron chi connectivity index (χ3n) is 2.23. The van der Waals surface area contributed by atoms with E-state index in [1.807, 2.05) is 32.6 Å². The molecule has 19 heavy (non-hydrogen) atoms. The van der Waals surface area contributed by atoms with Crippen LogP contribution >= 0.6 is 18.9 Å². The average molecular weight is 326 g/mol. The third kappa shape index (κ3) is 6.47. The van der Waals surface area contributed by atoms with Crippen molar-refractivity contribution in [1.29, 1.82) is 0 Å². The van der Waals surface area contributed by atoms with Crippen molar-refractivity contribution < 1.29 is 13.8 Å². The van der Waals surface area contributed by atoms with Gasteiger partial charge >= 0.3 is 0 Å². The van der Waals surface area contributed by atoms with E-state index in [1.54, 1.807) is 0 Å². The first kappa shape index (κ1) is 17.3. The van der Waals surface area contributed by atoms with Crippen LogP contribution in [0.15, 0.2) is 0 Å². The first-order valence-electron chi connectivity index (χ1n) is 6.44. The highest BCUT2D eigenvalue weighted by molar-refractivity contribution is 8.09. The molecule has 1 fully saturated rings. The fourth-order valence-electron chi connectivity index (χ4n) is 1.59. The Hall–Kier alpha value is 0.220. The summed E-state index contributed by atoms with van der Waals surface area (Å²) in [6, 6.07) is 0. The lowest BCUT2D eigenvalue weighted by atomic mass is 10.5. The van der Waals surface area contributed by atoms with E-state index in [2.05, 4.69) is 5.09 Å². The van der Waals surface area contributed by atoms with Gasteiger partial charge < -0.3 is 18.7 Å². The Morgan fingerprint density at radius 1 is 1.16 bits per heavy atom. The van der Waals surface area contributed by atoms with Crippen molar-refractivity contribution in [2.45, 2.75) is 39.9 Å². The molecule has 0 aromatic carbocycles. The van der Waals surface area contributed by atoms with Crippen LogP contribution in [0, 0.1) is 0 Å². The Labute approximate surface area is 126 Å². The Morgan fingerprint density at radius 2 is 1.63 bits per heavy atom. The minimum Gasteiger partial charge on any atom is -0.378 e. The second kappa shape index (κ2) is 7.86. The molecule has 0 spiro atoms. The van der Waals surface area contributed by atoms with Gasteiger partial charge in [-0.15, -0.1) is 0 Å². The molecule has 1 saturated heterocycles. The molecule has 1 aliphatic rings. The lowest BCUT2D eigenvalue weighted by Crippen LogP contribution is -2.45. The van der Waals surface area contributed by atoms with Crippen LogP contribution in [0.25, 0.3) is 0 Å². The summed E-state index contributed by atoms with van der Waals surface area (Å²) < 4.78 is 16.8. The average Bonchev–Trinajstić information content (AvgIpc) is 2.27. The Balaban J connectivity index is 2.65. The molecule has 0 aromatic heterocycles. The first-order valence-corrected chi connectivity index (χ1v) is 9.49. The van der Waals surface area contributed by atoms with Crippen LogP contribution in [0.1, 0.15) is 27.7 Å². The van der Waals surface area contributed by atoms with Crippen molar-refractivity contribution in [1.82, 2.24) is 9.99 Å². The number of thiocarbonyl (C=S) groups is 1. The van der Waals surface area contributed by atoms with E-state index >= 15 is 0 Å². The van der Waals surface area contributed by atoms with Gasteiger partial charge in [0.1, 0.15) is 0 Å². The number of ether oxygens (including phenoxy) is 1. The number of hydrogen-bond donors (Lipinski definition) is 1. The lowest BCUT2D eigenvalue weighted by Gasteiger charge is -2.33. The summed E-state index contributed by atoms with van der Waals surface area (Å²) in [7, 11) is 0. The maximum Gasteiger partial charge on any atom is 0.289 e. The number of rotatable bonds is 5. The SMILES string of the molecule is CC(C)OP(=S)(NC(=S)N1CCOCC1)OC(C)C. The molecule has 0 aliphatic carbocycles. The van der Waals surface area contributed by atoms with E-state index in [9.17, 15) is 0 Å². The van der Waals surface area contributed by atoms with E-state index in [-0.39, 0.29) is 12.2 Å². The van der Waals surface area contributed by atoms with Crippen molar-refractivity contribution in [3.05, 3.63) is 0 Å². The number of nitrogens with one attached hydrogen (secondary N) is 1. The zero-order valence-electron chi connectivity index (χ0n) is 11.9. The Kier molecular flexibility index (Phi) is 7.14. The molecule has 0 unspecified atom stereocenters. The molecule has 1 rings (SSSR count). The van der Waals surface area contributed by atoms with Gasteiger partial charge in [-0.1, -0.05) is 0 Å². The van der Waals surface area contributed by atoms with Crippen LogP contribution in [-0.2, 0) is 25.6 Å². The predicted octanol–water partition coefficient (Wildman–Crippen LogP) is 2.27. The van der Waals surface area contributed by atoms with E-state index < -0.39 is 6.64 Å². The maximum atomic E-state index is 5.76. The highest BCUT2D eigenvalue weighted by Crippen LogP contribution is 2.46. The summed E-state index contributed by atoms with van der Waals surface area (Å²) in [5, 5.41) is 3.70. The topological polar surface area (TPSA) is 43.0 Å². The highest BCUT2D eigenvalue weighted by atomic mass is 32.5. The van der Waals surface area contributed by atoms with Crippen molar-refractivity contribution in [3.63, 3.8) is 0 Å². The quantitative estimate of drug-likeness (QED) is 0.614. The molecular formula is C11H23N2O3PS2. The first-order chi connectivity index (χ1) is 8.82. The maximum absolute atomic E-state index is 5.76. The van der Waals surface area contributed by atoms with Crippen LogP contribution in [0.2, 0.25) is 0 Å². The van der Waals surface area contributed by atoms with Crippen LogP contribution in [0.5, 0.6) is 0 Å². The molecule has 0 aromatic rings. The van der Waals surface area contributed by atoms with Gasteiger partial charge in [-0.25, -0.2) is 0 Å². The number of hydrogen-bond acceptors (Lipinski definition) is 5. The normalized spacial score (nSPS) is 17.1. The predicted molar refractivity (Wildman–Crippen MR) is 84.9 cm³/mol. The molecule has 112 valence electrons. The molecule has 0 bridgehead atoms. The molecule has 5 nitrogen and oxygen atoms in total. The molecule has 0 radical (unpaired) electrons. The molecule has 1 heterocycles. The standard InChI is InChI=1S/C11H23N2O3PS2/c1-9(2)15-17(19,16-10(3)4)12-11(18)13-5-7-14-8-6-13/h9-10H,5-8H2,1-4H3,(H,12,18,19). The summed E-state index contributed by atoms with van der Waals surface area (Å²) >= 11 is 10.9. The molecule has 0 atom stereocenters. The molecule has 1 aliphatic heterocycles. The van der Waals surface area contributed by atoms with Crippen LogP contribution in [0.3, 0.4) is 0 Å². The Morgan fingerprint density at radius 3 is 2.05 bits per heavy atom. The highest BCUT2D eigenvalue weighted by Gasteiger charge is 2.26. The molecule has 0 amide bonds. The molecule has 1 N–H and O–H groups in total. The molecular weight excluding hydrogens is 303 g/mol. The largest absolute Gasteiger partial charge is 0.378 e. The second-order valence-corrected chi connectivity index (χ2v) is 8.29. The summed E-state index contributed by atoms with van der Waals surface area (Å²) in [6.07, 6.45) is -0.0193. The summed E-state index contributed by atoms with van der Waals surface area (Å²) in [6.45, 7) is 8.04. The smallest absolute Gasteiger partial charge is 0.289 e. The zero-order valence-corrected chi connectivity index (χ0v) is 14.4. The summed E-state index contributed by atoms with van der Waals surface area (Å²) in [4.78, 5) is 2.03. The van der Waals surface area contributed by atoms with Gasteiger partial charge in [0.2, 0.25) is 0 Å². The van der Waals surface area contributed by atoms with Crippen molar-refractivity contribution in [2.24, 2.45) is 0 Å². The molecule has 0 saturated carbocycles. The van der Waals surface area contributed by atoms with Gasteiger partial charge in [0.25, 0.3) is 6.64 Å². The van der Waals surface area contributed by atoms with Crippen molar-refractivity contribution in [2.75, 3.05) is 26.3 Å². The van der Waals surface area contributed by atoms with Gasteiger partial charge in [-0.2, -0.15) is 0 Å². The van der Waals surface area contributed by atoms with Gasteiger partial charge in [-0.05, 0) is 51.7 Å². The van der Waals surface area contributed by atoms with Crippen LogP contribution in [-0.4, -0.2) is 48.5 Å². The monoisotopic (exact) mass is 326 g/mol. The van der Waals surface area contributed by atoms with Gasteiger partial charge in [0.05, 0.1) is 25.4 Å². The zero-order chi connectivity index (χ0) is 14.5. The van der Waals surface area contributed by atoms with Crippen molar-refractivity contribution >= 4 is 35.8 Å². The fourth-order valence-corrected chi connectivity index (χ4v) is 5.24. The fraction of sp³-hybridized carbons (Fsp3) is 0.909. The summed E-state index contributed by atoms with van der Waals surface area (Å²) in [5.74, 6) is 0. The minimum absolute atomic E-state index is 0.00966. The second-order valence-electron chi connectivity index (χ2n) is 4.82. The van der Waals surface area contributed by atoms with E-state index in [4.69, 9.17) is 37.8 Å².